The molecule has 0 radical (unpaired) electrons. The summed E-state index contributed by atoms with van der Waals surface area (Å²) in [4.78, 5) is 40.1. The summed E-state index contributed by atoms with van der Waals surface area (Å²) in [5, 5.41) is 13.7. The third-order valence-electron chi connectivity index (χ3n) is 12.2. The van der Waals surface area contributed by atoms with Crippen LogP contribution in [0.2, 0.25) is 0 Å². The molecule has 1 rings (SSSR count). The van der Waals surface area contributed by atoms with Crippen molar-refractivity contribution in [2.75, 3.05) is 6.61 Å². The van der Waals surface area contributed by atoms with E-state index in [1.807, 2.05) is 0 Å². The molecule has 0 aromatic carbocycles. The van der Waals surface area contributed by atoms with E-state index < -0.39 is 82.0 Å². The Kier molecular flexibility index (Phi) is 36.6. The van der Waals surface area contributed by atoms with Crippen LogP contribution in [0.4, 0.5) is 0 Å². The minimum absolute atomic E-state index is 0.119. The smallest absolute Gasteiger partial charge is 0.397 e. The van der Waals surface area contributed by atoms with Crippen LogP contribution in [0.25, 0.3) is 0 Å². The van der Waals surface area contributed by atoms with E-state index in [9.17, 15) is 45.4 Å². The van der Waals surface area contributed by atoms with Crippen molar-refractivity contribution in [3.8, 4) is 0 Å². The normalized spacial score (nSPS) is 19.4. The van der Waals surface area contributed by atoms with Gasteiger partial charge in [0.2, 0.25) is 5.91 Å². The highest BCUT2D eigenvalue weighted by molar-refractivity contribution is 7.81. The van der Waals surface area contributed by atoms with E-state index in [0.29, 0.717) is 32.1 Å². The van der Waals surface area contributed by atoms with Crippen LogP contribution < -0.4 is 5.32 Å². The maximum Gasteiger partial charge on any atom is 0.397 e. The SMILES string of the molecule is CCCCCCCCCCCCCC(=O)OC(CCCCCCCCCCC)CC(=O)N[C@H]1C(O)O[C@H](COS(=O)(=O)O)[C@@H](OS(=O)(=O)O)[C@@H]1OC(=O)CCCCCCCCCCCCC. The van der Waals surface area contributed by atoms with E-state index in [2.05, 4.69) is 30.3 Å². The van der Waals surface area contributed by atoms with Gasteiger partial charge in [0.05, 0.1) is 13.0 Å². The Morgan fingerprint density at radius 3 is 1.35 bits per heavy atom. The van der Waals surface area contributed by atoms with Crippen LogP contribution in [-0.2, 0) is 57.8 Å². The van der Waals surface area contributed by atoms with Gasteiger partial charge in [0.1, 0.15) is 24.4 Å². The molecule has 1 aliphatic rings. The fourth-order valence-electron chi connectivity index (χ4n) is 8.42. The number of hydrogen-bond acceptors (Lipinski definition) is 13. The molecule has 2 unspecified atom stereocenters. The van der Waals surface area contributed by atoms with Gasteiger partial charge in [0.25, 0.3) is 0 Å². The van der Waals surface area contributed by atoms with Crippen molar-refractivity contribution in [1.82, 2.24) is 5.32 Å². The Hall–Kier alpha value is -1.93. The molecule has 0 spiro atoms. The highest BCUT2D eigenvalue weighted by atomic mass is 32.3. The Morgan fingerprint density at radius 1 is 0.545 bits per heavy atom. The van der Waals surface area contributed by atoms with E-state index in [1.165, 1.54) is 103 Å². The second-order valence-electron chi connectivity index (χ2n) is 18.3. The molecule has 0 bridgehead atoms. The molecule has 0 saturated carbocycles. The zero-order valence-corrected chi connectivity index (χ0v) is 42.6. The number of carbonyl (C=O) groups is 3. The van der Waals surface area contributed by atoms with E-state index in [1.54, 1.807) is 0 Å². The predicted octanol–water partition coefficient (Wildman–Crippen LogP) is 10.7. The first-order valence-electron chi connectivity index (χ1n) is 25.9. The first-order chi connectivity index (χ1) is 31.6. The molecule has 1 fully saturated rings. The Bertz CT molecular complexity index is 1470. The third-order valence-corrected chi connectivity index (χ3v) is 13.1. The largest absolute Gasteiger partial charge is 0.462 e. The number of ether oxygens (including phenoxy) is 3. The summed E-state index contributed by atoms with van der Waals surface area (Å²) in [6.07, 6.45) is 24.7. The van der Waals surface area contributed by atoms with Gasteiger partial charge in [-0.25, -0.2) is 8.37 Å². The van der Waals surface area contributed by atoms with Crippen molar-refractivity contribution in [2.45, 2.75) is 282 Å². The van der Waals surface area contributed by atoms with Gasteiger partial charge < -0.3 is 24.6 Å². The molecule has 1 amide bonds. The average Bonchev–Trinajstić information content (AvgIpc) is 3.24. The monoisotopic (exact) mass is 986 g/mol. The summed E-state index contributed by atoms with van der Waals surface area (Å²) in [5.41, 5.74) is 0. The fourth-order valence-corrected chi connectivity index (χ4v) is 9.24. The fraction of sp³-hybridized carbons (Fsp3) is 0.938. The van der Waals surface area contributed by atoms with Crippen LogP contribution in [-0.4, -0.2) is 92.2 Å². The molecule has 390 valence electrons. The van der Waals surface area contributed by atoms with Crippen molar-refractivity contribution in [3.05, 3.63) is 0 Å². The van der Waals surface area contributed by atoms with Crippen LogP contribution >= 0.6 is 0 Å². The third kappa shape index (κ3) is 34.4. The highest BCUT2D eigenvalue weighted by Gasteiger charge is 2.51. The van der Waals surface area contributed by atoms with Crippen LogP contribution in [0.1, 0.15) is 245 Å². The van der Waals surface area contributed by atoms with Crippen molar-refractivity contribution in [1.29, 1.82) is 0 Å². The van der Waals surface area contributed by atoms with Gasteiger partial charge in [0, 0.05) is 12.8 Å². The van der Waals surface area contributed by atoms with Gasteiger partial charge in [-0.2, -0.15) is 16.8 Å². The minimum atomic E-state index is -5.35. The van der Waals surface area contributed by atoms with E-state index >= 15 is 0 Å². The van der Waals surface area contributed by atoms with Crippen molar-refractivity contribution < 1.29 is 68.0 Å². The molecule has 6 atom stereocenters. The van der Waals surface area contributed by atoms with Crippen LogP contribution in [0.15, 0.2) is 0 Å². The van der Waals surface area contributed by atoms with Gasteiger partial charge in [-0.15, -0.1) is 0 Å². The topological polar surface area (TPSA) is 238 Å². The molecule has 1 saturated heterocycles. The average molecular weight is 986 g/mol. The summed E-state index contributed by atoms with van der Waals surface area (Å²) in [7, 11) is -10.5. The maximum absolute atomic E-state index is 13.8. The van der Waals surface area contributed by atoms with Gasteiger partial charge >= 0.3 is 32.7 Å². The zero-order chi connectivity index (χ0) is 48.9. The molecule has 16 nitrogen and oxygen atoms in total. The number of rotatable bonds is 44. The lowest BCUT2D eigenvalue weighted by atomic mass is 9.96. The molecular formula is C48H91NO15S2. The summed E-state index contributed by atoms with van der Waals surface area (Å²) < 4.78 is 92.0. The molecule has 66 heavy (non-hydrogen) atoms. The summed E-state index contributed by atoms with van der Waals surface area (Å²) >= 11 is 0. The second-order valence-corrected chi connectivity index (χ2v) is 20.5. The standard InChI is InChI=1S/C48H91NO15S2/c1-4-7-10-13-16-19-21-24-27-30-33-36-43(51)61-40(35-32-29-26-23-18-15-12-9-6-3)38-42(50)49-45-47(63-44(52)37-34-31-28-25-22-20-17-14-11-8-5-2)46(64-66(57,58)59)41(62-48(45)53)39-60-65(54,55)56/h40-41,45-48,53H,4-39H2,1-3H3,(H,49,50)(H,54,55,56)(H,57,58,59)/t40?,41-,45-,46-,47-,48?/m1/s1. The van der Waals surface area contributed by atoms with Crippen LogP contribution in [0.5, 0.6) is 0 Å². The number of aliphatic hydroxyl groups is 1. The van der Waals surface area contributed by atoms with E-state index in [-0.39, 0.29) is 19.3 Å². The quantitative estimate of drug-likeness (QED) is 0.0252. The number of aliphatic hydroxyl groups excluding tert-OH is 1. The Labute approximate surface area is 399 Å². The zero-order valence-electron chi connectivity index (χ0n) is 41.0. The van der Waals surface area contributed by atoms with Gasteiger partial charge in [0.15, 0.2) is 12.4 Å². The maximum atomic E-state index is 13.8. The number of amides is 1. The van der Waals surface area contributed by atoms with Crippen molar-refractivity contribution >= 4 is 38.6 Å². The molecule has 18 heteroatoms. The predicted molar refractivity (Wildman–Crippen MR) is 255 cm³/mol. The summed E-state index contributed by atoms with van der Waals surface area (Å²) in [6, 6.07) is -1.70. The number of esters is 2. The number of unbranched alkanes of at least 4 members (excludes halogenated alkanes) is 28. The van der Waals surface area contributed by atoms with Crippen molar-refractivity contribution in [2.24, 2.45) is 0 Å². The summed E-state index contributed by atoms with van der Waals surface area (Å²) in [6.45, 7) is 5.44. The Morgan fingerprint density at radius 2 is 0.939 bits per heavy atom. The molecule has 4 N–H and O–H groups in total. The number of hydrogen-bond donors (Lipinski definition) is 4. The number of carbonyl (C=O) groups excluding carboxylic acids is 3. The number of nitrogens with one attached hydrogen (secondary N) is 1. The molecule has 0 aliphatic carbocycles. The van der Waals surface area contributed by atoms with E-state index in [0.717, 1.165) is 70.6 Å². The van der Waals surface area contributed by atoms with Crippen LogP contribution in [0.3, 0.4) is 0 Å². The van der Waals surface area contributed by atoms with Gasteiger partial charge in [-0.05, 0) is 25.7 Å². The first kappa shape index (κ1) is 62.1. The second kappa shape index (κ2) is 38.9. The van der Waals surface area contributed by atoms with E-state index in [4.69, 9.17) is 18.4 Å². The van der Waals surface area contributed by atoms with Crippen LogP contribution in [0, 0.1) is 0 Å². The summed E-state index contributed by atoms with van der Waals surface area (Å²) in [5.74, 6) is -2.03. The van der Waals surface area contributed by atoms with Gasteiger partial charge in [-0.1, -0.05) is 201 Å². The molecule has 1 aliphatic heterocycles. The lowest BCUT2D eigenvalue weighted by Crippen LogP contribution is -2.66. The van der Waals surface area contributed by atoms with Gasteiger partial charge in [-0.3, -0.25) is 23.5 Å². The molecule has 0 aromatic rings. The first-order valence-corrected chi connectivity index (χ1v) is 28.6. The molecule has 1 heterocycles. The lowest BCUT2D eigenvalue weighted by molar-refractivity contribution is -0.252. The molecule has 0 aromatic heterocycles. The van der Waals surface area contributed by atoms with Crippen molar-refractivity contribution in [3.63, 3.8) is 0 Å². The Balaban J connectivity index is 3.04. The molecular weight excluding hydrogens is 895 g/mol. The highest BCUT2D eigenvalue weighted by Crippen LogP contribution is 2.28. The minimum Gasteiger partial charge on any atom is -0.462 e. The lowest BCUT2D eigenvalue weighted by Gasteiger charge is -2.43.